The van der Waals surface area contributed by atoms with E-state index in [-0.39, 0.29) is 17.7 Å². The van der Waals surface area contributed by atoms with Crippen molar-refractivity contribution in [2.75, 3.05) is 0 Å². The molecule has 1 unspecified atom stereocenters. The average molecular weight is 515 g/mol. The van der Waals surface area contributed by atoms with Crippen molar-refractivity contribution in [1.29, 1.82) is 0 Å². The molecule has 0 amide bonds. The van der Waals surface area contributed by atoms with Crippen molar-refractivity contribution in [3.63, 3.8) is 0 Å². The van der Waals surface area contributed by atoms with E-state index in [1.165, 1.54) is 15.9 Å². The molecule has 6 rings (SSSR count). The van der Waals surface area contributed by atoms with Gasteiger partial charge >= 0.3 is 217 Å². The van der Waals surface area contributed by atoms with Crippen molar-refractivity contribution >= 4 is 45.9 Å². The van der Waals surface area contributed by atoms with E-state index in [1.807, 2.05) is 12.1 Å². The van der Waals surface area contributed by atoms with Crippen LogP contribution in [0.15, 0.2) is 133 Å². The maximum atomic E-state index is 7.75. The van der Waals surface area contributed by atoms with Crippen LogP contribution in [0.1, 0.15) is 11.7 Å². The first-order valence-electron chi connectivity index (χ1n) is 11.8. The third kappa shape index (κ3) is 3.23. The maximum absolute atomic E-state index is 7.75. The molecule has 2 aliphatic rings. The van der Waals surface area contributed by atoms with Crippen LogP contribution in [0.5, 0.6) is 0 Å². The van der Waals surface area contributed by atoms with Crippen LogP contribution in [0.2, 0.25) is 10.0 Å². The molecular formula is C31H25Cl2OP. The Morgan fingerprint density at radius 1 is 0.571 bits per heavy atom. The number of halogens is 2. The Hall–Kier alpha value is -2.67. The zero-order valence-corrected chi connectivity index (χ0v) is 21.5. The van der Waals surface area contributed by atoms with Gasteiger partial charge < -0.3 is 0 Å². The molecule has 0 aromatic heterocycles. The van der Waals surface area contributed by atoms with Crippen molar-refractivity contribution in [2.45, 2.75) is 11.8 Å². The number of benzene rings is 4. The van der Waals surface area contributed by atoms with Gasteiger partial charge in [0.05, 0.1) is 0 Å². The molecule has 0 bridgehead atoms. The molecule has 1 nitrogen and oxygen atoms in total. The second-order valence-corrected chi connectivity index (χ2v) is 14.5. The van der Waals surface area contributed by atoms with Crippen LogP contribution in [-0.2, 0) is 4.52 Å². The number of hydrogen-bond acceptors (Lipinski definition) is 1. The van der Waals surface area contributed by atoms with E-state index >= 15 is 0 Å². The number of fused-ring (bicyclic) bond motifs is 1. The van der Waals surface area contributed by atoms with E-state index in [2.05, 4.69) is 121 Å². The van der Waals surface area contributed by atoms with Gasteiger partial charge in [-0.2, -0.15) is 0 Å². The fourth-order valence-electron chi connectivity index (χ4n) is 6.05. The van der Waals surface area contributed by atoms with E-state index in [0.717, 1.165) is 5.56 Å². The Kier molecular flexibility index (Phi) is 5.71. The topological polar surface area (TPSA) is 9.23 Å². The van der Waals surface area contributed by atoms with Crippen molar-refractivity contribution in [3.8, 4) is 0 Å². The molecule has 1 fully saturated rings. The van der Waals surface area contributed by atoms with Crippen LogP contribution in [-0.4, -0.2) is 5.66 Å². The summed E-state index contributed by atoms with van der Waals surface area (Å²) in [6.45, 7) is -3.49. The molecule has 0 spiro atoms. The van der Waals surface area contributed by atoms with Crippen LogP contribution in [0.4, 0.5) is 0 Å². The van der Waals surface area contributed by atoms with Gasteiger partial charge in [0.15, 0.2) is 0 Å². The fraction of sp³-hybridized carbons (Fsp3) is 0.0968. The molecule has 1 heterocycles. The normalized spacial score (nSPS) is 24.9. The third-order valence-corrected chi connectivity index (χ3v) is 14.5. The molecule has 174 valence electrons. The zero-order valence-electron chi connectivity index (χ0n) is 19.0. The van der Waals surface area contributed by atoms with E-state index < -0.39 is 6.83 Å². The van der Waals surface area contributed by atoms with Gasteiger partial charge in [0.2, 0.25) is 0 Å². The van der Waals surface area contributed by atoms with Crippen LogP contribution < -0.4 is 15.9 Å². The molecule has 4 heteroatoms. The van der Waals surface area contributed by atoms with E-state index in [0.29, 0.717) is 10.0 Å². The summed E-state index contributed by atoms with van der Waals surface area (Å²) in [4.78, 5) is 0. The van der Waals surface area contributed by atoms with Gasteiger partial charge in [0.25, 0.3) is 0 Å². The molecule has 3 atom stereocenters. The van der Waals surface area contributed by atoms with Crippen LogP contribution in [0.3, 0.4) is 0 Å². The SMILES string of the molecule is Clc1ccc(C2OP(c3ccccc3)(c3ccccc3)(c3ccccc3)[C@@H]3C=CC=C[C@H]23)cc1Cl. The summed E-state index contributed by atoms with van der Waals surface area (Å²) in [5, 5.41) is 4.79. The first kappa shape index (κ1) is 22.8. The predicted octanol–water partition coefficient (Wildman–Crippen LogP) is 7.62. The molecule has 0 saturated carbocycles. The van der Waals surface area contributed by atoms with Gasteiger partial charge in [-0.05, 0) is 0 Å². The van der Waals surface area contributed by atoms with Crippen molar-refractivity contribution in [2.24, 2.45) is 5.92 Å². The van der Waals surface area contributed by atoms with Crippen LogP contribution >= 0.6 is 30.0 Å². The summed E-state index contributed by atoms with van der Waals surface area (Å²) in [5.74, 6) is 0.135. The van der Waals surface area contributed by atoms with E-state index in [1.54, 1.807) is 0 Å². The summed E-state index contributed by atoms with van der Waals surface area (Å²) < 4.78 is 7.75. The standard InChI is InChI=1S/C31H25Cl2OP/c32-28-21-20-23(22-29(28)33)31-27-18-10-11-19-30(27)35(34-31,24-12-4-1-5-13-24,25-14-6-2-7-15-25)26-16-8-3-9-17-26/h1-22,27,30-31H/t27-,30+,31?/m0/s1. The van der Waals surface area contributed by atoms with Crippen molar-refractivity contribution in [3.05, 3.63) is 149 Å². The average Bonchev–Trinajstić information content (AvgIpc) is 3.26. The predicted molar refractivity (Wildman–Crippen MR) is 151 cm³/mol. The minimum atomic E-state index is -3.49. The molecule has 4 aromatic rings. The van der Waals surface area contributed by atoms with Crippen molar-refractivity contribution < 1.29 is 4.52 Å². The molecular weight excluding hydrogens is 490 g/mol. The Labute approximate surface area is 216 Å². The van der Waals surface area contributed by atoms with Gasteiger partial charge in [-0.3, -0.25) is 0 Å². The summed E-state index contributed by atoms with van der Waals surface area (Å²) in [6.07, 6.45) is 8.81. The molecule has 0 N–H and O–H groups in total. The third-order valence-electron chi connectivity index (χ3n) is 7.48. The zero-order chi connectivity index (χ0) is 23.9. The summed E-state index contributed by atoms with van der Waals surface area (Å²) in [5.41, 5.74) is 1.17. The first-order chi connectivity index (χ1) is 17.1. The Balaban J connectivity index is 1.75. The summed E-state index contributed by atoms with van der Waals surface area (Å²) >= 11 is 12.8. The summed E-state index contributed by atoms with van der Waals surface area (Å²) in [6, 6.07) is 38.4. The first-order valence-corrected chi connectivity index (χ1v) is 14.8. The fourth-order valence-corrected chi connectivity index (χ4v) is 13.2. The van der Waals surface area contributed by atoms with Gasteiger partial charge in [-0.25, -0.2) is 0 Å². The van der Waals surface area contributed by atoms with Crippen LogP contribution in [0, 0.1) is 5.92 Å². The Morgan fingerprint density at radius 3 is 1.60 bits per heavy atom. The minimum absolute atomic E-state index is 0.123. The Bertz CT molecular complexity index is 1320. The molecule has 4 aromatic carbocycles. The quantitative estimate of drug-likeness (QED) is 0.254. The van der Waals surface area contributed by atoms with Crippen molar-refractivity contribution in [1.82, 2.24) is 0 Å². The van der Waals surface area contributed by atoms with Gasteiger partial charge in [-0.15, -0.1) is 0 Å². The molecule has 1 aliphatic heterocycles. The number of hydrogen-bond donors (Lipinski definition) is 0. The number of rotatable bonds is 4. The second-order valence-electron chi connectivity index (χ2n) is 9.15. The van der Waals surface area contributed by atoms with E-state index in [4.69, 9.17) is 27.7 Å². The molecule has 0 radical (unpaired) electrons. The van der Waals surface area contributed by atoms with Gasteiger partial charge in [-0.1, -0.05) is 0 Å². The van der Waals surface area contributed by atoms with E-state index in [9.17, 15) is 0 Å². The van der Waals surface area contributed by atoms with Crippen LogP contribution in [0.25, 0.3) is 0 Å². The summed E-state index contributed by atoms with van der Waals surface area (Å²) in [7, 11) is 0. The van der Waals surface area contributed by atoms with Gasteiger partial charge in [0, 0.05) is 0 Å². The molecule has 1 saturated heterocycles. The number of allylic oxidation sites excluding steroid dienone is 3. The molecule has 35 heavy (non-hydrogen) atoms. The second kappa shape index (κ2) is 8.77. The van der Waals surface area contributed by atoms with Gasteiger partial charge in [0.1, 0.15) is 0 Å². The Morgan fingerprint density at radius 2 is 1.09 bits per heavy atom. The monoisotopic (exact) mass is 514 g/mol. The molecule has 1 aliphatic carbocycles.